The second-order valence-corrected chi connectivity index (χ2v) is 7.39. The third-order valence-electron chi connectivity index (χ3n) is 5.57. The number of ether oxygens (including phenoxy) is 1. The molecule has 0 spiro atoms. The molecule has 2 aliphatic heterocycles. The minimum atomic E-state index is -0.0532. The molecule has 2 aromatic rings. The molecule has 146 valence electrons. The summed E-state index contributed by atoms with van der Waals surface area (Å²) in [5.74, 6) is 0.359. The molecular weight excluding hydrogens is 364 g/mol. The van der Waals surface area contributed by atoms with Crippen LogP contribution in [0.5, 0.6) is 0 Å². The van der Waals surface area contributed by atoms with Crippen molar-refractivity contribution < 1.29 is 9.53 Å². The summed E-state index contributed by atoms with van der Waals surface area (Å²) < 4.78 is 7.81. The molecule has 2 unspecified atom stereocenters. The quantitative estimate of drug-likeness (QED) is 0.872. The number of halogens is 1. The number of amides is 1. The number of rotatable bonds is 3. The van der Waals surface area contributed by atoms with E-state index in [0.717, 1.165) is 24.2 Å². The van der Waals surface area contributed by atoms with Crippen LogP contribution in [0, 0.1) is 5.92 Å². The van der Waals surface area contributed by atoms with Gasteiger partial charge in [-0.05, 0) is 18.1 Å². The lowest BCUT2D eigenvalue weighted by Crippen LogP contribution is -2.51. The van der Waals surface area contributed by atoms with Gasteiger partial charge in [-0.1, -0.05) is 30.3 Å². The number of carbonyl (C=O) groups excluding carboxylic acids is 1. The van der Waals surface area contributed by atoms with Crippen LogP contribution < -0.4 is 5.32 Å². The van der Waals surface area contributed by atoms with Crippen molar-refractivity contribution in [2.24, 2.45) is 13.0 Å². The van der Waals surface area contributed by atoms with Crippen molar-refractivity contribution in [1.29, 1.82) is 0 Å². The molecule has 1 aromatic heterocycles. The van der Waals surface area contributed by atoms with Crippen LogP contribution in [-0.4, -0.2) is 52.9 Å². The topological polar surface area (TPSA) is 59.4 Å². The third-order valence-corrected chi connectivity index (χ3v) is 5.57. The van der Waals surface area contributed by atoms with E-state index < -0.39 is 0 Å². The van der Waals surface area contributed by atoms with E-state index in [0.29, 0.717) is 13.2 Å². The van der Waals surface area contributed by atoms with Gasteiger partial charge in [0.25, 0.3) is 0 Å². The summed E-state index contributed by atoms with van der Waals surface area (Å²) in [4.78, 5) is 15.4. The highest BCUT2D eigenvalue weighted by Gasteiger charge is 2.40. The van der Waals surface area contributed by atoms with Crippen LogP contribution in [-0.2, 0) is 16.6 Å². The van der Waals surface area contributed by atoms with Crippen molar-refractivity contribution >= 4 is 18.3 Å². The molecule has 4 atom stereocenters. The van der Waals surface area contributed by atoms with Crippen LogP contribution in [0.2, 0.25) is 0 Å². The van der Waals surface area contributed by atoms with E-state index in [4.69, 9.17) is 4.74 Å². The Morgan fingerprint density at radius 1 is 1.22 bits per heavy atom. The number of nitrogens with one attached hydrogen (secondary N) is 1. The fourth-order valence-corrected chi connectivity index (χ4v) is 4.07. The maximum atomic E-state index is 13.4. The SMILES string of the molecule is CC1COC(c2ccccc2)CN1C(=O)[C@H]1CNC[C@@H]1c1cnn(C)c1.Cl. The first-order valence-electron chi connectivity index (χ1n) is 9.29. The van der Waals surface area contributed by atoms with Gasteiger partial charge in [-0.15, -0.1) is 12.4 Å². The molecule has 0 saturated carbocycles. The lowest BCUT2D eigenvalue weighted by Gasteiger charge is -2.40. The first kappa shape index (κ1) is 19.9. The molecule has 4 rings (SSSR count). The Balaban J connectivity index is 0.00000210. The zero-order valence-electron chi connectivity index (χ0n) is 15.7. The zero-order valence-corrected chi connectivity index (χ0v) is 16.6. The highest BCUT2D eigenvalue weighted by atomic mass is 35.5. The number of hydrogen-bond acceptors (Lipinski definition) is 4. The molecular formula is C20H27ClN4O2. The van der Waals surface area contributed by atoms with E-state index in [9.17, 15) is 4.79 Å². The summed E-state index contributed by atoms with van der Waals surface area (Å²) in [6, 6.07) is 10.3. The number of aryl methyl sites for hydroxylation is 1. The Morgan fingerprint density at radius 3 is 2.70 bits per heavy atom. The fourth-order valence-electron chi connectivity index (χ4n) is 4.07. The molecule has 27 heavy (non-hydrogen) atoms. The molecule has 2 aliphatic rings. The first-order chi connectivity index (χ1) is 12.6. The van der Waals surface area contributed by atoms with Gasteiger partial charge in [-0.3, -0.25) is 9.48 Å². The predicted molar refractivity (Wildman–Crippen MR) is 106 cm³/mol. The van der Waals surface area contributed by atoms with Crippen molar-refractivity contribution in [2.45, 2.75) is 25.0 Å². The molecule has 3 heterocycles. The molecule has 0 bridgehead atoms. The molecule has 7 heteroatoms. The van der Waals surface area contributed by atoms with Gasteiger partial charge in [-0.25, -0.2) is 0 Å². The van der Waals surface area contributed by atoms with Crippen molar-refractivity contribution in [3.8, 4) is 0 Å². The molecule has 6 nitrogen and oxygen atoms in total. The number of morpholine rings is 1. The predicted octanol–water partition coefficient (Wildman–Crippen LogP) is 2.13. The molecule has 1 N–H and O–H groups in total. The van der Waals surface area contributed by atoms with E-state index in [1.54, 1.807) is 4.68 Å². The minimum absolute atomic E-state index is 0. The normalized spacial score (nSPS) is 28.0. The summed E-state index contributed by atoms with van der Waals surface area (Å²) >= 11 is 0. The van der Waals surface area contributed by atoms with Crippen molar-refractivity contribution in [1.82, 2.24) is 20.0 Å². The van der Waals surface area contributed by atoms with Crippen molar-refractivity contribution in [3.63, 3.8) is 0 Å². The lowest BCUT2D eigenvalue weighted by molar-refractivity contribution is -0.148. The maximum absolute atomic E-state index is 13.4. The van der Waals surface area contributed by atoms with Crippen LogP contribution >= 0.6 is 12.4 Å². The van der Waals surface area contributed by atoms with Crippen LogP contribution in [0.3, 0.4) is 0 Å². The van der Waals surface area contributed by atoms with E-state index in [1.807, 2.05) is 42.5 Å². The van der Waals surface area contributed by atoms with Crippen LogP contribution in [0.15, 0.2) is 42.7 Å². The summed E-state index contributed by atoms with van der Waals surface area (Å²) in [5, 5.41) is 7.67. The third kappa shape index (κ3) is 4.03. The number of hydrogen-bond donors (Lipinski definition) is 1. The summed E-state index contributed by atoms with van der Waals surface area (Å²) in [6.45, 7) is 4.80. The summed E-state index contributed by atoms with van der Waals surface area (Å²) in [5.41, 5.74) is 2.27. The van der Waals surface area contributed by atoms with Crippen molar-refractivity contribution in [3.05, 3.63) is 53.9 Å². The lowest BCUT2D eigenvalue weighted by atomic mass is 9.89. The maximum Gasteiger partial charge on any atom is 0.228 e. The summed E-state index contributed by atoms with van der Waals surface area (Å²) in [7, 11) is 1.91. The second kappa shape index (κ2) is 8.42. The van der Waals surface area contributed by atoms with Crippen molar-refractivity contribution in [2.75, 3.05) is 26.2 Å². The molecule has 1 aromatic carbocycles. The average Bonchev–Trinajstić information content (AvgIpc) is 3.31. The standard InChI is InChI=1S/C20H26N4O2.ClH/c1-14-13-26-19(15-6-4-3-5-7-15)12-24(14)20(25)18-10-21-9-17(18)16-8-22-23(2)11-16;/h3-8,11,14,17-19,21H,9-10,12-13H2,1-2H3;1H/t14?,17-,18+,19?;/m1./s1. The molecule has 2 fully saturated rings. The number of carbonyl (C=O) groups is 1. The highest BCUT2D eigenvalue weighted by Crippen LogP contribution is 2.32. The number of nitrogens with zero attached hydrogens (tertiary/aromatic N) is 3. The van der Waals surface area contributed by atoms with Gasteiger partial charge < -0.3 is 15.0 Å². The van der Waals surface area contributed by atoms with E-state index >= 15 is 0 Å². The largest absolute Gasteiger partial charge is 0.370 e. The van der Waals surface area contributed by atoms with Gasteiger partial charge in [0, 0.05) is 32.3 Å². The van der Waals surface area contributed by atoms with Crippen LogP contribution in [0.1, 0.15) is 30.1 Å². The number of benzene rings is 1. The number of aromatic nitrogens is 2. The Kier molecular flexibility index (Phi) is 6.19. The van der Waals surface area contributed by atoms with Crippen LogP contribution in [0.4, 0.5) is 0 Å². The Hall–Kier alpha value is -1.89. The van der Waals surface area contributed by atoms with Gasteiger partial charge >= 0.3 is 0 Å². The molecule has 0 aliphatic carbocycles. The minimum Gasteiger partial charge on any atom is -0.370 e. The van der Waals surface area contributed by atoms with E-state index in [2.05, 4.69) is 29.5 Å². The summed E-state index contributed by atoms with van der Waals surface area (Å²) in [6.07, 6.45) is 3.85. The average molecular weight is 391 g/mol. The Morgan fingerprint density at radius 2 is 2.00 bits per heavy atom. The fraction of sp³-hybridized carbons (Fsp3) is 0.500. The molecule has 2 saturated heterocycles. The van der Waals surface area contributed by atoms with Gasteiger partial charge in [0.15, 0.2) is 0 Å². The van der Waals surface area contributed by atoms with Gasteiger partial charge in [-0.2, -0.15) is 5.10 Å². The highest BCUT2D eigenvalue weighted by molar-refractivity contribution is 5.85. The first-order valence-corrected chi connectivity index (χ1v) is 9.29. The monoisotopic (exact) mass is 390 g/mol. The smallest absolute Gasteiger partial charge is 0.228 e. The van der Waals surface area contributed by atoms with Gasteiger partial charge in [0.05, 0.1) is 31.3 Å². The van der Waals surface area contributed by atoms with E-state index in [-0.39, 0.29) is 42.3 Å². The van der Waals surface area contributed by atoms with Gasteiger partial charge in [0.1, 0.15) is 6.10 Å². The van der Waals surface area contributed by atoms with E-state index in [1.165, 1.54) is 0 Å². The van der Waals surface area contributed by atoms with Gasteiger partial charge in [0.2, 0.25) is 5.91 Å². The Bertz CT molecular complexity index is 766. The second-order valence-electron chi connectivity index (χ2n) is 7.39. The van der Waals surface area contributed by atoms with Crippen LogP contribution in [0.25, 0.3) is 0 Å². The molecule has 0 radical (unpaired) electrons. The zero-order chi connectivity index (χ0) is 18.1. The molecule has 1 amide bonds. The Labute approximate surface area is 166 Å².